The van der Waals surface area contributed by atoms with Gasteiger partial charge in [-0.2, -0.15) is 0 Å². The normalized spacial score (nSPS) is 16.5. The molecule has 1 aromatic heterocycles. The number of hydrogen-bond acceptors (Lipinski definition) is 5. The molecular formula is C12H20N6O3. The summed E-state index contributed by atoms with van der Waals surface area (Å²) in [5.74, 6) is -0.833. The second-order valence-corrected chi connectivity index (χ2v) is 4.91. The first-order valence-electron chi connectivity index (χ1n) is 6.96. The van der Waals surface area contributed by atoms with Crippen LogP contribution in [-0.4, -0.2) is 81.2 Å². The van der Waals surface area contributed by atoms with E-state index in [1.807, 2.05) is 4.90 Å². The molecule has 0 spiro atoms. The summed E-state index contributed by atoms with van der Waals surface area (Å²) in [4.78, 5) is 26.3. The van der Waals surface area contributed by atoms with Crippen molar-refractivity contribution in [2.24, 2.45) is 0 Å². The SMILES string of the molecule is O=C(O)CN1CCCN(C(=O)NCCn2ccnn2)CC1. The van der Waals surface area contributed by atoms with Crippen LogP contribution in [-0.2, 0) is 11.3 Å². The summed E-state index contributed by atoms with van der Waals surface area (Å²) in [7, 11) is 0. The van der Waals surface area contributed by atoms with E-state index in [-0.39, 0.29) is 12.6 Å². The van der Waals surface area contributed by atoms with Crippen LogP contribution in [0.2, 0.25) is 0 Å². The Morgan fingerprint density at radius 2 is 2.10 bits per heavy atom. The molecule has 2 rings (SSSR count). The number of carboxylic acids is 1. The fraction of sp³-hybridized carbons (Fsp3) is 0.667. The summed E-state index contributed by atoms with van der Waals surface area (Å²) in [6.07, 6.45) is 4.11. The van der Waals surface area contributed by atoms with E-state index in [1.54, 1.807) is 22.0 Å². The number of rotatable bonds is 5. The van der Waals surface area contributed by atoms with Gasteiger partial charge in [0.2, 0.25) is 0 Å². The zero-order valence-electron chi connectivity index (χ0n) is 11.8. The maximum atomic E-state index is 12.0. The fourth-order valence-corrected chi connectivity index (χ4v) is 2.26. The molecule has 2 heterocycles. The van der Waals surface area contributed by atoms with Crippen molar-refractivity contribution in [3.05, 3.63) is 12.4 Å². The molecule has 9 heteroatoms. The Kier molecular flexibility index (Phi) is 5.50. The summed E-state index contributed by atoms with van der Waals surface area (Å²) in [6.45, 7) is 3.57. The van der Waals surface area contributed by atoms with Crippen molar-refractivity contribution in [1.29, 1.82) is 0 Å². The minimum Gasteiger partial charge on any atom is -0.480 e. The number of amides is 2. The number of carbonyl (C=O) groups is 2. The fourth-order valence-electron chi connectivity index (χ4n) is 2.26. The van der Waals surface area contributed by atoms with Crippen LogP contribution in [0.25, 0.3) is 0 Å². The van der Waals surface area contributed by atoms with Crippen molar-refractivity contribution in [2.45, 2.75) is 13.0 Å². The Bertz CT molecular complexity index is 464. The number of nitrogens with one attached hydrogen (secondary N) is 1. The predicted molar refractivity (Wildman–Crippen MR) is 73.7 cm³/mol. The van der Waals surface area contributed by atoms with E-state index in [0.29, 0.717) is 39.3 Å². The average Bonchev–Trinajstić information content (AvgIpc) is 2.84. The highest BCUT2D eigenvalue weighted by Gasteiger charge is 2.19. The molecule has 1 saturated heterocycles. The molecule has 0 saturated carbocycles. The third-order valence-corrected chi connectivity index (χ3v) is 3.32. The Morgan fingerprint density at radius 1 is 1.24 bits per heavy atom. The van der Waals surface area contributed by atoms with Crippen LogP contribution in [0.5, 0.6) is 0 Å². The number of carbonyl (C=O) groups excluding carboxylic acids is 1. The molecule has 0 unspecified atom stereocenters. The first-order chi connectivity index (χ1) is 10.1. The average molecular weight is 296 g/mol. The number of hydrogen-bond donors (Lipinski definition) is 2. The van der Waals surface area contributed by atoms with E-state index < -0.39 is 5.97 Å². The number of aliphatic carboxylic acids is 1. The Hall–Kier alpha value is -2.16. The lowest BCUT2D eigenvalue weighted by molar-refractivity contribution is -0.138. The molecule has 9 nitrogen and oxygen atoms in total. The van der Waals surface area contributed by atoms with Gasteiger partial charge < -0.3 is 15.3 Å². The summed E-state index contributed by atoms with van der Waals surface area (Å²) in [5, 5.41) is 19.1. The lowest BCUT2D eigenvalue weighted by atomic mass is 10.4. The number of aromatic nitrogens is 3. The lowest BCUT2D eigenvalue weighted by Crippen LogP contribution is -2.43. The number of urea groups is 1. The standard InChI is InChI=1S/C12H20N6O3/c19-11(20)10-16-4-1-5-17(9-8-16)12(21)13-2-6-18-7-3-14-15-18/h3,7H,1-2,4-6,8-10H2,(H,13,21)(H,19,20). The van der Waals surface area contributed by atoms with Gasteiger partial charge in [-0.1, -0.05) is 5.21 Å². The summed E-state index contributed by atoms with van der Waals surface area (Å²) in [5.41, 5.74) is 0. The molecule has 116 valence electrons. The van der Waals surface area contributed by atoms with Gasteiger partial charge in [0, 0.05) is 38.9 Å². The third-order valence-electron chi connectivity index (χ3n) is 3.32. The summed E-state index contributed by atoms with van der Waals surface area (Å²) >= 11 is 0. The molecule has 0 radical (unpaired) electrons. The zero-order valence-corrected chi connectivity index (χ0v) is 11.8. The predicted octanol–water partition coefficient (Wildman–Crippen LogP) is -0.920. The second kappa shape index (κ2) is 7.58. The Balaban J connectivity index is 1.71. The van der Waals surface area contributed by atoms with E-state index >= 15 is 0 Å². The van der Waals surface area contributed by atoms with E-state index in [0.717, 1.165) is 6.42 Å². The quantitative estimate of drug-likeness (QED) is 0.728. The van der Waals surface area contributed by atoms with Gasteiger partial charge >= 0.3 is 12.0 Å². The van der Waals surface area contributed by atoms with Crippen LogP contribution in [0.15, 0.2) is 12.4 Å². The van der Waals surface area contributed by atoms with Crippen LogP contribution in [0.4, 0.5) is 4.79 Å². The van der Waals surface area contributed by atoms with Crippen molar-refractivity contribution in [3.63, 3.8) is 0 Å². The molecule has 1 aromatic rings. The molecule has 2 amide bonds. The maximum absolute atomic E-state index is 12.0. The van der Waals surface area contributed by atoms with E-state index in [4.69, 9.17) is 5.11 Å². The number of carboxylic acid groups (broad SMARTS) is 1. The van der Waals surface area contributed by atoms with Crippen molar-refractivity contribution in [1.82, 2.24) is 30.1 Å². The first-order valence-corrected chi connectivity index (χ1v) is 6.96. The molecule has 0 atom stereocenters. The zero-order chi connectivity index (χ0) is 15.1. The summed E-state index contributed by atoms with van der Waals surface area (Å²) in [6, 6.07) is -0.118. The van der Waals surface area contributed by atoms with Crippen LogP contribution in [0.3, 0.4) is 0 Å². The van der Waals surface area contributed by atoms with E-state index in [1.165, 1.54) is 0 Å². The van der Waals surface area contributed by atoms with Gasteiger partial charge in [-0.05, 0) is 6.42 Å². The molecule has 21 heavy (non-hydrogen) atoms. The van der Waals surface area contributed by atoms with Crippen molar-refractivity contribution in [3.8, 4) is 0 Å². The highest BCUT2D eigenvalue weighted by molar-refractivity contribution is 5.74. The van der Waals surface area contributed by atoms with Gasteiger partial charge in [0.15, 0.2) is 0 Å². The van der Waals surface area contributed by atoms with Gasteiger partial charge in [-0.25, -0.2) is 4.79 Å². The van der Waals surface area contributed by atoms with Gasteiger partial charge in [-0.15, -0.1) is 5.10 Å². The minimum atomic E-state index is -0.833. The third kappa shape index (κ3) is 5.03. The van der Waals surface area contributed by atoms with Crippen LogP contribution in [0.1, 0.15) is 6.42 Å². The molecule has 1 aliphatic heterocycles. The van der Waals surface area contributed by atoms with Crippen molar-refractivity contribution < 1.29 is 14.7 Å². The highest BCUT2D eigenvalue weighted by Crippen LogP contribution is 2.03. The van der Waals surface area contributed by atoms with Crippen molar-refractivity contribution >= 4 is 12.0 Å². The molecular weight excluding hydrogens is 276 g/mol. The first kappa shape index (κ1) is 15.2. The van der Waals surface area contributed by atoms with Crippen LogP contribution < -0.4 is 5.32 Å². The lowest BCUT2D eigenvalue weighted by Gasteiger charge is -2.21. The molecule has 1 fully saturated rings. The molecule has 0 aliphatic carbocycles. The largest absolute Gasteiger partial charge is 0.480 e. The molecule has 2 N–H and O–H groups in total. The molecule has 1 aliphatic rings. The summed E-state index contributed by atoms with van der Waals surface area (Å²) < 4.78 is 1.65. The molecule has 0 bridgehead atoms. The maximum Gasteiger partial charge on any atom is 0.317 e. The van der Waals surface area contributed by atoms with E-state index in [9.17, 15) is 9.59 Å². The highest BCUT2D eigenvalue weighted by atomic mass is 16.4. The van der Waals surface area contributed by atoms with Gasteiger partial charge in [0.1, 0.15) is 0 Å². The number of nitrogens with zero attached hydrogens (tertiary/aromatic N) is 5. The van der Waals surface area contributed by atoms with Gasteiger partial charge in [-0.3, -0.25) is 14.4 Å². The van der Waals surface area contributed by atoms with Gasteiger partial charge in [0.25, 0.3) is 0 Å². The van der Waals surface area contributed by atoms with Gasteiger partial charge in [0.05, 0.1) is 19.3 Å². The Labute approximate surface area is 122 Å². The van der Waals surface area contributed by atoms with Crippen molar-refractivity contribution in [2.75, 3.05) is 39.3 Å². The minimum absolute atomic E-state index is 0.0295. The van der Waals surface area contributed by atoms with Crippen LogP contribution in [0, 0.1) is 0 Å². The second-order valence-electron chi connectivity index (χ2n) is 4.91. The monoisotopic (exact) mass is 296 g/mol. The topological polar surface area (TPSA) is 104 Å². The Morgan fingerprint density at radius 3 is 2.81 bits per heavy atom. The molecule has 0 aromatic carbocycles. The smallest absolute Gasteiger partial charge is 0.317 e. The van der Waals surface area contributed by atoms with E-state index in [2.05, 4.69) is 15.6 Å². The van der Waals surface area contributed by atoms with Crippen LogP contribution >= 0.6 is 0 Å².